The van der Waals surface area contributed by atoms with Crippen molar-refractivity contribution < 1.29 is 0 Å². The van der Waals surface area contributed by atoms with Crippen LogP contribution in [-0.4, -0.2) is 10.8 Å². The van der Waals surface area contributed by atoms with Gasteiger partial charge in [0.15, 0.2) is 0 Å². The van der Waals surface area contributed by atoms with Crippen LogP contribution in [0.2, 0.25) is 5.02 Å². The van der Waals surface area contributed by atoms with Gasteiger partial charge in [0.05, 0.1) is 5.56 Å². The molecule has 0 bridgehead atoms. The minimum Gasteiger partial charge on any atom is -0.384 e. The Morgan fingerprint density at radius 2 is 1.82 bits per heavy atom. The van der Waals surface area contributed by atoms with Gasteiger partial charge >= 0.3 is 0 Å². The zero-order chi connectivity index (χ0) is 12.4. The summed E-state index contributed by atoms with van der Waals surface area (Å²) < 4.78 is 0. The predicted octanol–water partition coefficient (Wildman–Crippen LogP) is 1.98. The van der Waals surface area contributed by atoms with Crippen LogP contribution in [-0.2, 0) is 0 Å². The van der Waals surface area contributed by atoms with E-state index in [1.807, 2.05) is 0 Å². The maximum Gasteiger partial charge on any atom is 0.259 e. The van der Waals surface area contributed by atoms with Gasteiger partial charge in [0.1, 0.15) is 5.84 Å². The standard InChI is InChI=1S/C12H10ClN3O/c13-8-3-1-7(2-4-8)10-6-5-9(11(14)15)12(17)16-10/h1-6H,(H3,14,15)(H,16,17). The summed E-state index contributed by atoms with van der Waals surface area (Å²) in [5.41, 5.74) is 6.58. The largest absolute Gasteiger partial charge is 0.384 e. The lowest BCUT2D eigenvalue weighted by Gasteiger charge is -2.03. The van der Waals surface area contributed by atoms with E-state index in [-0.39, 0.29) is 17.0 Å². The van der Waals surface area contributed by atoms with Crippen LogP contribution in [0.15, 0.2) is 41.2 Å². The Bertz CT molecular complexity index is 616. The van der Waals surface area contributed by atoms with Crippen molar-refractivity contribution in [2.75, 3.05) is 0 Å². The Hall–Kier alpha value is -2.07. The summed E-state index contributed by atoms with van der Waals surface area (Å²) in [4.78, 5) is 14.3. The summed E-state index contributed by atoms with van der Waals surface area (Å²) in [5, 5.41) is 7.86. The molecule has 2 aromatic rings. The number of aromatic nitrogens is 1. The number of rotatable bonds is 2. The van der Waals surface area contributed by atoms with E-state index in [2.05, 4.69) is 4.98 Å². The molecule has 0 fully saturated rings. The van der Waals surface area contributed by atoms with Gasteiger partial charge in [-0.3, -0.25) is 10.2 Å². The summed E-state index contributed by atoms with van der Waals surface area (Å²) in [6, 6.07) is 10.3. The number of halogens is 1. The van der Waals surface area contributed by atoms with E-state index in [4.69, 9.17) is 22.7 Å². The lowest BCUT2D eigenvalue weighted by atomic mass is 10.1. The average Bonchev–Trinajstić information content (AvgIpc) is 2.29. The van der Waals surface area contributed by atoms with Crippen molar-refractivity contribution in [2.45, 2.75) is 0 Å². The quantitative estimate of drug-likeness (QED) is 0.560. The second kappa shape index (κ2) is 4.43. The van der Waals surface area contributed by atoms with Crippen LogP contribution in [0, 0.1) is 5.41 Å². The van der Waals surface area contributed by atoms with Gasteiger partial charge < -0.3 is 10.7 Å². The number of nitrogen functional groups attached to an aromatic ring is 1. The molecule has 1 aromatic heterocycles. The van der Waals surface area contributed by atoms with Crippen LogP contribution in [0.3, 0.4) is 0 Å². The fraction of sp³-hybridized carbons (Fsp3) is 0. The third kappa shape index (κ3) is 2.37. The molecule has 0 saturated heterocycles. The molecule has 2 rings (SSSR count). The molecule has 0 spiro atoms. The number of aromatic amines is 1. The van der Waals surface area contributed by atoms with Crippen molar-refractivity contribution in [3.8, 4) is 11.3 Å². The van der Waals surface area contributed by atoms with Crippen molar-refractivity contribution in [3.63, 3.8) is 0 Å². The molecular weight excluding hydrogens is 238 g/mol. The smallest absolute Gasteiger partial charge is 0.259 e. The first-order valence-electron chi connectivity index (χ1n) is 4.91. The second-order valence-corrected chi connectivity index (χ2v) is 3.97. The lowest BCUT2D eigenvalue weighted by molar-refractivity contribution is 1.21. The Morgan fingerprint density at radius 1 is 1.18 bits per heavy atom. The highest BCUT2D eigenvalue weighted by molar-refractivity contribution is 6.30. The molecule has 4 nitrogen and oxygen atoms in total. The van der Waals surface area contributed by atoms with E-state index < -0.39 is 0 Å². The summed E-state index contributed by atoms with van der Waals surface area (Å²) in [7, 11) is 0. The molecule has 1 aromatic carbocycles. The molecule has 17 heavy (non-hydrogen) atoms. The number of amidine groups is 1. The molecule has 4 N–H and O–H groups in total. The molecule has 0 amide bonds. The fourth-order valence-electron chi connectivity index (χ4n) is 1.48. The SMILES string of the molecule is N=C(N)c1ccc(-c2ccc(Cl)cc2)[nH]c1=O. The highest BCUT2D eigenvalue weighted by atomic mass is 35.5. The number of pyridine rings is 1. The Morgan fingerprint density at radius 3 is 2.35 bits per heavy atom. The number of hydrogen-bond donors (Lipinski definition) is 3. The number of nitrogens with two attached hydrogens (primary N) is 1. The third-order valence-corrected chi connectivity index (χ3v) is 2.61. The Balaban J connectivity index is 2.48. The first-order valence-corrected chi connectivity index (χ1v) is 5.29. The summed E-state index contributed by atoms with van der Waals surface area (Å²) in [5.74, 6) is -0.242. The average molecular weight is 248 g/mol. The monoisotopic (exact) mass is 247 g/mol. The van der Waals surface area contributed by atoms with Crippen molar-refractivity contribution in [1.82, 2.24) is 4.98 Å². The molecule has 0 radical (unpaired) electrons. The zero-order valence-corrected chi connectivity index (χ0v) is 9.58. The van der Waals surface area contributed by atoms with Gasteiger partial charge in [-0.25, -0.2) is 0 Å². The highest BCUT2D eigenvalue weighted by Crippen LogP contribution is 2.18. The number of H-pyrrole nitrogens is 1. The number of nitrogens with one attached hydrogen (secondary N) is 2. The van der Waals surface area contributed by atoms with E-state index in [1.54, 1.807) is 30.3 Å². The molecule has 0 aliphatic heterocycles. The number of benzene rings is 1. The highest BCUT2D eigenvalue weighted by Gasteiger charge is 2.05. The van der Waals surface area contributed by atoms with Crippen molar-refractivity contribution >= 4 is 17.4 Å². The molecule has 0 unspecified atom stereocenters. The van der Waals surface area contributed by atoms with Crippen molar-refractivity contribution in [2.24, 2.45) is 5.73 Å². The molecule has 0 saturated carbocycles. The van der Waals surface area contributed by atoms with Crippen LogP contribution in [0.4, 0.5) is 0 Å². The second-order valence-electron chi connectivity index (χ2n) is 3.54. The van der Waals surface area contributed by atoms with Crippen molar-refractivity contribution in [1.29, 1.82) is 5.41 Å². The van der Waals surface area contributed by atoms with Gasteiger partial charge in [-0.15, -0.1) is 0 Å². The van der Waals surface area contributed by atoms with Crippen LogP contribution in [0.25, 0.3) is 11.3 Å². The van der Waals surface area contributed by atoms with E-state index in [0.717, 1.165) is 5.56 Å². The molecule has 1 heterocycles. The summed E-state index contributed by atoms with van der Waals surface area (Å²) in [6.45, 7) is 0. The summed E-state index contributed by atoms with van der Waals surface area (Å²) in [6.07, 6.45) is 0. The van der Waals surface area contributed by atoms with Crippen LogP contribution in [0.1, 0.15) is 5.56 Å². The molecule has 0 aliphatic rings. The van der Waals surface area contributed by atoms with E-state index in [0.29, 0.717) is 10.7 Å². The Kier molecular flexibility index (Phi) is 2.97. The van der Waals surface area contributed by atoms with E-state index >= 15 is 0 Å². The molecule has 0 aliphatic carbocycles. The zero-order valence-electron chi connectivity index (χ0n) is 8.83. The van der Waals surface area contributed by atoms with Crippen LogP contribution < -0.4 is 11.3 Å². The molecule has 86 valence electrons. The summed E-state index contributed by atoms with van der Waals surface area (Å²) >= 11 is 5.78. The molecule has 5 heteroatoms. The molecular formula is C12H10ClN3O. The lowest BCUT2D eigenvalue weighted by Crippen LogP contribution is -2.23. The maximum atomic E-state index is 11.6. The topological polar surface area (TPSA) is 82.7 Å². The van der Waals surface area contributed by atoms with Gasteiger partial charge in [-0.2, -0.15) is 0 Å². The van der Waals surface area contributed by atoms with E-state index in [9.17, 15) is 4.79 Å². The minimum absolute atomic E-state index is 0.169. The fourth-order valence-corrected chi connectivity index (χ4v) is 1.61. The minimum atomic E-state index is -0.370. The first-order chi connectivity index (χ1) is 8.08. The van der Waals surface area contributed by atoms with E-state index in [1.165, 1.54) is 6.07 Å². The van der Waals surface area contributed by atoms with Crippen LogP contribution >= 0.6 is 11.6 Å². The van der Waals surface area contributed by atoms with Gasteiger partial charge in [0.25, 0.3) is 5.56 Å². The normalized spacial score (nSPS) is 10.2. The van der Waals surface area contributed by atoms with Gasteiger partial charge in [-0.05, 0) is 29.8 Å². The predicted molar refractivity (Wildman–Crippen MR) is 68.5 cm³/mol. The van der Waals surface area contributed by atoms with Gasteiger partial charge in [0, 0.05) is 10.7 Å². The van der Waals surface area contributed by atoms with Crippen molar-refractivity contribution in [3.05, 3.63) is 57.3 Å². The number of hydrogen-bond acceptors (Lipinski definition) is 2. The van der Waals surface area contributed by atoms with Gasteiger partial charge in [-0.1, -0.05) is 23.7 Å². The van der Waals surface area contributed by atoms with Crippen LogP contribution in [0.5, 0.6) is 0 Å². The molecule has 0 atom stereocenters. The maximum absolute atomic E-state index is 11.6. The Labute approximate surface area is 103 Å². The van der Waals surface area contributed by atoms with Gasteiger partial charge in [0.2, 0.25) is 0 Å². The third-order valence-electron chi connectivity index (χ3n) is 2.35. The first kappa shape index (κ1) is 11.4.